The minimum atomic E-state index is -0.297. The molecule has 0 N–H and O–H groups in total. The Labute approximate surface area is 159 Å². The summed E-state index contributed by atoms with van der Waals surface area (Å²) in [5.41, 5.74) is 1.88. The molecule has 0 saturated carbocycles. The lowest BCUT2D eigenvalue weighted by molar-refractivity contribution is 0.0563. The predicted molar refractivity (Wildman–Crippen MR) is 102 cm³/mol. The molecule has 0 aromatic heterocycles. The van der Waals surface area contributed by atoms with E-state index < -0.39 is 0 Å². The smallest absolute Gasteiger partial charge is 0.166 e. The van der Waals surface area contributed by atoms with Crippen molar-refractivity contribution < 1.29 is 9.18 Å². The van der Waals surface area contributed by atoms with E-state index in [1.54, 1.807) is 12.1 Å². The highest BCUT2D eigenvalue weighted by molar-refractivity contribution is 6.31. The van der Waals surface area contributed by atoms with E-state index in [2.05, 4.69) is 17.0 Å². The molecular formula is C22H23ClFNO. The topological polar surface area (TPSA) is 20.3 Å². The van der Waals surface area contributed by atoms with E-state index in [-0.39, 0.29) is 17.5 Å². The first-order valence-corrected chi connectivity index (χ1v) is 9.78. The number of Topliss-reactive ketones (excluding diaryl/α,β-unsaturated/α-hetero) is 1. The summed E-state index contributed by atoms with van der Waals surface area (Å²) in [4.78, 5) is 15.3. The van der Waals surface area contributed by atoms with Gasteiger partial charge in [-0.2, -0.15) is 0 Å². The highest BCUT2D eigenvalue weighted by Gasteiger charge is 2.37. The number of rotatable bonds is 3. The fourth-order valence-electron chi connectivity index (χ4n) is 4.56. The lowest BCUT2D eigenvalue weighted by Gasteiger charge is -2.45. The van der Waals surface area contributed by atoms with Crippen molar-refractivity contribution in [3.63, 3.8) is 0 Å². The molecule has 2 aliphatic heterocycles. The fraction of sp³-hybridized carbons (Fsp3) is 0.409. The number of halogens is 2. The molecule has 2 aromatic carbocycles. The first-order chi connectivity index (χ1) is 12.6. The van der Waals surface area contributed by atoms with Crippen LogP contribution >= 0.6 is 11.6 Å². The normalized spacial score (nSPS) is 26.3. The minimum Gasteiger partial charge on any atom is -0.300 e. The van der Waals surface area contributed by atoms with E-state index in [9.17, 15) is 9.18 Å². The zero-order valence-electron chi connectivity index (χ0n) is 14.7. The van der Waals surface area contributed by atoms with Crippen LogP contribution in [0.2, 0.25) is 5.02 Å². The predicted octanol–water partition coefficient (Wildman–Crippen LogP) is 5.32. The van der Waals surface area contributed by atoms with Gasteiger partial charge in [-0.25, -0.2) is 4.39 Å². The molecule has 2 nitrogen and oxygen atoms in total. The number of benzene rings is 2. The number of hydrogen-bond donors (Lipinski definition) is 0. The number of piperidine rings is 2. The summed E-state index contributed by atoms with van der Waals surface area (Å²) >= 11 is 6.39. The summed E-state index contributed by atoms with van der Waals surface area (Å²) in [6.45, 7) is 1.97. The van der Waals surface area contributed by atoms with E-state index in [0.29, 0.717) is 17.5 Å². The van der Waals surface area contributed by atoms with Gasteiger partial charge in [0.2, 0.25) is 0 Å². The molecule has 26 heavy (non-hydrogen) atoms. The van der Waals surface area contributed by atoms with Crippen LogP contribution in [0.1, 0.15) is 47.5 Å². The maximum atomic E-state index is 13.1. The molecule has 0 unspecified atom stereocenters. The molecule has 0 spiro atoms. The van der Waals surface area contributed by atoms with Crippen LogP contribution < -0.4 is 0 Å². The van der Waals surface area contributed by atoms with Gasteiger partial charge < -0.3 is 0 Å². The SMILES string of the molecule is O=C(c1ccc(F)cc1)[C@H]1CCN2C[C@H](c3ccccc3Cl)CC[C@H]2C1. The van der Waals surface area contributed by atoms with Gasteiger partial charge in [-0.15, -0.1) is 0 Å². The minimum absolute atomic E-state index is 0.0542. The maximum absolute atomic E-state index is 13.1. The van der Waals surface area contributed by atoms with Gasteiger partial charge in [0.15, 0.2) is 5.78 Å². The van der Waals surface area contributed by atoms with Crippen molar-refractivity contribution in [2.45, 2.75) is 37.6 Å². The van der Waals surface area contributed by atoms with E-state index in [1.165, 1.54) is 17.7 Å². The molecule has 0 bridgehead atoms. The van der Waals surface area contributed by atoms with Gasteiger partial charge in [-0.3, -0.25) is 9.69 Å². The number of ketones is 1. The summed E-state index contributed by atoms with van der Waals surface area (Å²) in [7, 11) is 0. The van der Waals surface area contributed by atoms with Gasteiger partial charge in [-0.1, -0.05) is 29.8 Å². The van der Waals surface area contributed by atoms with Crippen molar-refractivity contribution in [3.8, 4) is 0 Å². The Morgan fingerprint density at radius 1 is 1.04 bits per heavy atom. The van der Waals surface area contributed by atoms with Crippen LogP contribution in [0.15, 0.2) is 48.5 Å². The van der Waals surface area contributed by atoms with Crippen LogP contribution in [-0.4, -0.2) is 29.8 Å². The fourth-order valence-corrected chi connectivity index (χ4v) is 4.85. The summed E-state index contributed by atoms with van der Waals surface area (Å²) in [6, 6.07) is 14.6. The zero-order chi connectivity index (χ0) is 18.1. The van der Waals surface area contributed by atoms with Crippen molar-refractivity contribution in [2.75, 3.05) is 13.1 Å². The summed E-state index contributed by atoms with van der Waals surface area (Å²) in [5.74, 6) is 0.398. The second-order valence-electron chi connectivity index (χ2n) is 7.54. The lowest BCUT2D eigenvalue weighted by atomic mass is 9.78. The molecule has 0 aliphatic carbocycles. The van der Waals surface area contributed by atoms with E-state index in [1.807, 2.05) is 12.1 Å². The molecule has 0 radical (unpaired) electrons. The van der Waals surface area contributed by atoms with Gasteiger partial charge in [-0.05, 0) is 74.0 Å². The lowest BCUT2D eigenvalue weighted by Crippen LogP contribution is -2.48. The Morgan fingerprint density at radius 2 is 1.81 bits per heavy atom. The van der Waals surface area contributed by atoms with Crippen molar-refractivity contribution in [1.29, 1.82) is 0 Å². The summed E-state index contributed by atoms with van der Waals surface area (Å²) < 4.78 is 13.1. The Morgan fingerprint density at radius 3 is 2.58 bits per heavy atom. The largest absolute Gasteiger partial charge is 0.300 e. The van der Waals surface area contributed by atoms with E-state index in [4.69, 9.17) is 11.6 Å². The molecule has 4 heteroatoms. The third kappa shape index (κ3) is 3.56. The number of carbonyl (C=O) groups excluding carboxylic acids is 1. The maximum Gasteiger partial charge on any atom is 0.166 e. The second kappa shape index (κ2) is 7.50. The molecule has 4 rings (SSSR count). The van der Waals surface area contributed by atoms with Crippen LogP contribution in [0.4, 0.5) is 4.39 Å². The van der Waals surface area contributed by atoms with Crippen LogP contribution in [-0.2, 0) is 0 Å². The quantitative estimate of drug-likeness (QED) is 0.680. The molecule has 0 amide bonds. The zero-order valence-corrected chi connectivity index (χ0v) is 15.5. The Hall–Kier alpha value is -1.71. The van der Waals surface area contributed by atoms with Gasteiger partial charge in [0.05, 0.1) is 0 Å². The van der Waals surface area contributed by atoms with Gasteiger partial charge in [0.25, 0.3) is 0 Å². The highest BCUT2D eigenvalue weighted by Crippen LogP contribution is 2.38. The molecule has 3 atom stereocenters. The Kier molecular flexibility index (Phi) is 5.10. The molecule has 2 aromatic rings. The Balaban J connectivity index is 1.41. The van der Waals surface area contributed by atoms with Gasteiger partial charge in [0, 0.05) is 29.1 Å². The van der Waals surface area contributed by atoms with Gasteiger partial charge >= 0.3 is 0 Å². The number of fused-ring (bicyclic) bond motifs is 1. The van der Waals surface area contributed by atoms with Crippen molar-refractivity contribution in [2.24, 2.45) is 5.92 Å². The average molecular weight is 372 g/mol. The molecular weight excluding hydrogens is 349 g/mol. The van der Waals surface area contributed by atoms with Gasteiger partial charge in [0.1, 0.15) is 5.82 Å². The van der Waals surface area contributed by atoms with Crippen LogP contribution in [0, 0.1) is 11.7 Å². The number of carbonyl (C=O) groups is 1. The average Bonchev–Trinajstić information content (AvgIpc) is 2.67. The molecule has 2 saturated heterocycles. The second-order valence-corrected chi connectivity index (χ2v) is 7.94. The first kappa shape index (κ1) is 17.7. The number of hydrogen-bond acceptors (Lipinski definition) is 2. The third-order valence-corrected chi connectivity index (χ3v) is 6.33. The highest BCUT2D eigenvalue weighted by atomic mass is 35.5. The molecule has 2 aliphatic rings. The van der Waals surface area contributed by atoms with Crippen LogP contribution in [0.5, 0.6) is 0 Å². The van der Waals surface area contributed by atoms with E-state index in [0.717, 1.165) is 43.8 Å². The van der Waals surface area contributed by atoms with Crippen molar-refractivity contribution in [3.05, 3.63) is 70.5 Å². The monoisotopic (exact) mass is 371 g/mol. The van der Waals surface area contributed by atoms with Crippen LogP contribution in [0.25, 0.3) is 0 Å². The third-order valence-electron chi connectivity index (χ3n) is 5.99. The first-order valence-electron chi connectivity index (χ1n) is 9.40. The standard InChI is InChI=1S/C22H23ClFNO/c23-21-4-2-1-3-20(21)17-7-10-19-13-16(11-12-25(19)14-17)22(26)15-5-8-18(24)9-6-15/h1-6,8-9,16-17,19H,7,10-14H2/t16-,17+,19-/m0/s1. The molecule has 136 valence electrons. The Bertz CT molecular complexity index is 791. The molecule has 2 fully saturated rings. The van der Waals surface area contributed by atoms with Crippen molar-refractivity contribution in [1.82, 2.24) is 4.90 Å². The van der Waals surface area contributed by atoms with Crippen molar-refractivity contribution >= 4 is 17.4 Å². The number of nitrogens with zero attached hydrogens (tertiary/aromatic N) is 1. The summed E-state index contributed by atoms with van der Waals surface area (Å²) in [6.07, 6.45) is 4.00. The van der Waals surface area contributed by atoms with E-state index >= 15 is 0 Å². The van der Waals surface area contributed by atoms with Crippen LogP contribution in [0.3, 0.4) is 0 Å². The summed E-state index contributed by atoms with van der Waals surface area (Å²) in [5, 5.41) is 0.859. The molecule has 2 heterocycles.